The molecule has 0 aromatic heterocycles. The highest BCUT2D eigenvalue weighted by molar-refractivity contribution is 8.01. The highest BCUT2D eigenvalue weighted by Gasteiger charge is 2.25. The van der Waals surface area contributed by atoms with Crippen LogP contribution in [-0.2, 0) is 14.8 Å². The van der Waals surface area contributed by atoms with E-state index in [9.17, 15) is 13.2 Å². The van der Waals surface area contributed by atoms with Crippen molar-refractivity contribution in [3.63, 3.8) is 0 Å². The molecule has 25 heavy (non-hydrogen) atoms. The highest BCUT2D eigenvalue weighted by atomic mass is 32.2. The van der Waals surface area contributed by atoms with Crippen LogP contribution in [0.25, 0.3) is 0 Å². The molecule has 3 rings (SSSR count). The summed E-state index contributed by atoms with van der Waals surface area (Å²) in [4.78, 5) is 12.7. The van der Waals surface area contributed by atoms with E-state index in [1.54, 1.807) is 37.3 Å². The summed E-state index contributed by atoms with van der Waals surface area (Å²) < 4.78 is 33.4. The molecule has 6 nitrogen and oxygen atoms in total. The number of benzene rings is 2. The first-order valence-electron chi connectivity index (χ1n) is 7.77. The monoisotopic (exact) mass is 378 g/mol. The van der Waals surface area contributed by atoms with Crippen molar-refractivity contribution in [1.82, 2.24) is 0 Å². The number of nitrogens with one attached hydrogen (secondary N) is 2. The maximum Gasteiger partial charge on any atom is 0.262 e. The number of carbonyl (C=O) groups excluding carboxylic acids is 1. The lowest BCUT2D eigenvalue weighted by molar-refractivity contribution is -0.115. The van der Waals surface area contributed by atoms with E-state index < -0.39 is 10.0 Å². The Kier molecular flexibility index (Phi) is 4.91. The van der Waals surface area contributed by atoms with Crippen LogP contribution in [0, 0.1) is 0 Å². The normalized spacial score (nSPS) is 16.7. The Balaban J connectivity index is 1.91. The van der Waals surface area contributed by atoms with Crippen molar-refractivity contribution in [3.05, 3.63) is 42.5 Å². The van der Waals surface area contributed by atoms with Crippen LogP contribution < -0.4 is 14.8 Å². The van der Waals surface area contributed by atoms with Gasteiger partial charge in [-0.25, -0.2) is 8.42 Å². The summed E-state index contributed by atoms with van der Waals surface area (Å²) in [6.07, 6.45) is 0. The van der Waals surface area contributed by atoms with E-state index in [0.29, 0.717) is 23.7 Å². The minimum absolute atomic E-state index is 0.0769. The largest absolute Gasteiger partial charge is 0.492 e. The minimum Gasteiger partial charge on any atom is -0.492 e. The fourth-order valence-electron chi connectivity index (χ4n) is 2.39. The Hall–Kier alpha value is -2.19. The number of thioether (sulfide) groups is 1. The molecule has 1 amide bonds. The Morgan fingerprint density at radius 3 is 2.76 bits per heavy atom. The number of para-hydroxylation sites is 2. The van der Waals surface area contributed by atoms with Gasteiger partial charge in [-0.1, -0.05) is 12.1 Å². The summed E-state index contributed by atoms with van der Waals surface area (Å²) >= 11 is 1.41. The van der Waals surface area contributed by atoms with Gasteiger partial charge in [-0.2, -0.15) is 0 Å². The molecular formula is C17H18N2O4S2. The van der Waals surface area contributed by atoms with Gasteiger partial charge in [-0.3, -0.25) is 9.52 Å². The van der Waals surface area contributed by atoms with Gasteiger partial charge in [0.2, 0.25) is 5.91 Å². The number of fused-ring (bicyclic) bond motifs is 1. The van der Waals surface area contributed by atoms with Crippen molar-refractivity contribution in [1.29, 1.82) is 0 Å². The molecule has 1 atom stereocenters. The zero-order valence-corrected chi connectivity index (χ0v) is 15.4. The van der Waals surface area contributed by atoms with Crippen LogP contribution in [0.5, 0.6) is 5.75 Å². The van der Waals surface area contributed by atoms with Crippen molar-refractivity contribution < 1.29 is 17.9 Å². The number of anilines is 2. The number of hydrogen-bond donors (Lipinski definition) is 2. The van der Waals surface area contributed by atoms with Crippen LogP contribution in [0.15, 0.2) is 52.3 Å². The molecule has 2 N–H and O–H groups in total. The summed E-state index contributed by atoms with van der Waals surface area (Å²) in [5.74, 6) is 0.325. The smallest absolute Gasteiger partial charge is 0.262 e. The predicted octanol–water partition coefficient (Wildman–Crippen LogP) is 3.32. The second-order valence-corrected chi connectivity index (χ2v) is 8.51. The molecule has 0 aliphatic carbocycles. The zero-order valence-electron chi connectivity index (χ0n) is 13.8. The number of hydrogen-bond acceptors (Lipinski definition) is 5. The molecule has 0 bridgehead atoms. The molecule has 0 fully saturated rings. The molecule has 0 spiro atoms. The second-order valence-electron chi connectivity index (χ2n) is 5.44. The third kappa shape index (κ3) is 3.74. The average molecular weight is 378 g/mol. The van der Waals surface area contributed by atoms with Gasteiger partial charge in [-0.05, 0) is 44.2 Å². The topological polar surface area (TPSA) is 84.5 Å². The zero-order chi connectivity index (χ0) is 18.0. The molecule has 2 aromatic rings. The number of sulfonamides is 1. The lowest BCUT2D eigenvalue weighted by Gasteiger charge is -2.22. The maximum atomic E-state index is 12.7. The Morgan fingerprint density at radius 2 is 2.00 bits per heavy atom. The molecule has 0 unspecified atom stereocenters. The van der Waals surface area contributed by atoms with E-state index in [0.717, 1.165) is 4.90 Å². The first-order chi connectivity index (χ1) is 11.9. The highest BCUT2D eigenvalue weighted by Crippen LogP contribution is 2.37. The van der Waals surface area contributed by atoms with Crippen molar-refractivity contribution in [2.24, 2.45) is 0 Å². The van der Waals surface area contributed by atoms with E-state index in [4.69, 9.17) is 4.74 Å². The fourth-order valence-corrected chi connectivity index (χ4v) is 4.42. The summed E-state index contributed by atoms with van der Waals surface area (Å²) in [6, 6.07) is 11.5. The average Bonchev–Trinajstić information content (AvgIpc) is 2.57. The molecule has 0 saturated heterocycles. The van der Waals surface area contributed by atoms with Crippen molar-refractivity contribution in [2.75, 3.05) is 16.6 Å². The molecule has 2 aromatic carbocycles. The minimum atomic E-state index is -3.81. The third-order valence-corrected chi connectivity index (χ3v) is 6.16. The molecule has 0 saturated carbocycles. The maximum absolute atomic E-state index is 12.7. The number of carbonyl (C=O) groups is 1. The van der Waals surface area contributed by atoms with Crippen LogP contribution in [0.4, 0.5) is 11.4 Å². The van der Waals surface area contributed by atoms with E-state index in [2.05, 4.69) is 10.0 Å². The summed E-state index contributed by atoms with van der Waals surface area (Å²) in [5.41, 5.74) is 0.878. The van der Waals surface area contributed by atoms with E-state index in [1.165, 1.54) is 23.9 Å². The van der Waals surface area contributed by atoms with Crippen LogP contribution in [0.2, 0.25) is 0 Å². The number of rotatable bonds is 5. The van der Waals surface area contributed by atoms with E-state index in [-0.39, 0.29) is 16.1 Å². The van der Waals surface area contributed by atoms with Crippen LogP contribution in [0.3, 0.4) is 0 Å². The molecule has 1 aliphatic rings. The van der Waals surface area contributed by atoms with Crippen molar-refractivity contribution >= 4 is 39.1 Å². The van der Waals surface area contributed by atoms with Crippen molar-refractivity contribution in [2.45, 2.75) is 28.9 Å². The van der Waals surface area contributed by atoms with E-state index in [1.807, 2.05) is 6.92 Å². The Morgan fingerprint density at radius 1 is 1.24 bits per heavy atom. The van der Waals surface area contributed by atoms with Gasteiger partial charge in [0.05, 0.1) is 28.1 Å². The summed E-state index contributed by atoms with van der Waals surface area (Å²) in [6.45, 7) is 4.06. The summed E-state index contributed by atoms with van der Waals surface area (Å²) in [7, 11) is -3.81. The number of amides is 1. The number of ether oxygens (including phenoxy) is 1. The lowest BCUT2D eigenvalue weighted by atomic mass is 10.3. The first-order valence-corrected chi connectivity index (χ1v) is 10.1. The second kappa shape index (κ2) is 6.97. The molecule has 8 heteroatoms. The van der Waals surface area contributed by atoms with Gasteiger partial charge < -0.3 is 10.1 Å². The van der Waals surface area contributed by atoms with Gasteiger partial charge in [0, 0.05) is 4.90 Å². The lowest BCUT2D eigenvalue weighted by Crippen LogP contribution is -2.26. The van der Waals surface area contributed by atoms with Crippen molar-refractivity contribution in [3.8, 4) is 5.75 Å². The molecule has 1 aliphatic heterocycles. The van der Waals surface area contributed by atoms with E-state index >= 15 is 0 Å². The van der Waals surface area contributed by atoms with Crippen LogP contribution >= 0.6 is 11.8 Å². The van der Waals surface area contributed by atoms with Gasteiger partial charge in [0.25, 0.3) is 10.0 Å². The summed E-state index contributed by atoms with van der Waals surface area (Å²) in [5, 5.41) is 2.54. The van der Waals surface area contributed by atoms with Gasteiger partial charge in [0.15, 0.2) is 0 Å². The Bertz CT molecular complexity index is 913. The molecule has 0 radical (unpaired) electrons. The van der Waals surface area contributed by atoms with Crippen LogP contribution in [-0.4, -0.2) is 26.2 Å². The molecule has 132 valence electrons. The standard InChI is InChI=1S/C17H18N2O4S2/c1-3-23-15-7-5-4-6-13(15)19-25(21,22)12-8-9-16-14(10-12)18-17(20)11(2)24-16/h4-11,19H,3H2,1-2H3,(H,18,20)/t11-/m0/s1. The van der Waals surface area contributed by atoms with Gasteiger partial charge in [0.1, 0.15) is 5.75 Å². The first kappa shape index (κ1) is 17.6. The fraction of sp³-hybridized carbons (Fsp3) is 0.235. The molecule has 1 heterocycles. The van der Waals surface area contributed by atoms with Gasteiger partial charge in [-0.15, -0.1) is 11.8 Å². The molecular weight excluding hydrogens is 360 g/mol. The van der Waals surface area contributed by atoms with Crippen LogP contribution in [0.1, 0.15) is 13.8 Å². The predicted molar refractivity (Wildman–Crippen MR) is 98.8 cm³/mol. The van der Waals surface area contributed by atoms with Gasteiger partial charge >= 0.3 is 0 Å². The quantitative estimate of drug-likeness (QED) is 0.834. The SMILES string of the molecule is CCOc1ccccc1NS(=O)(=O)c1ccc2c(c1)NC(=O)[C@H](C)S2. The third-order valence-electron chi connectivity index (χ3n) is 3.62. The Labute approximate surface area is 151 Å².